The molecule has 0 aliphatic rings. The van der Waals surface area contributed by atoms with Gasteiger partial charge in [0.1, 0.15) is 11.6 Å². The van der Waals surface area contributed by atoms with E-state index in [1.54, 1.807) is 18.2 Å². The number of benzene rings is 2. The van der Waals surface area contributed by atoms with Gasteiger partial charge in [-0.25, -0.2) is 4.39 Å². The quantitative estimate of drug-likeness (QED) is 0.663. The molecule has 0 bridgehead atoms. The van der Waals surface area contributed by atoms with Gasteiger partial charge in [0.15, 0.2) is 11.6 Å². The molecule has 0 aliphatic carbocycles. The SMILES string of the molecule is Cc1ccc(Oc2cc(Br)ccc2F)c(C(=N)N)c1. The predicted octanol–water partition coefficient (Wildman–Crippen LogP) is 3.97. The molecule has 0 atom stereocenters. The highest BCUT2D eigenvalue weighted by Crippen LogP contribution is 2.30. The van der Waals surface area contributed by atoms with Crippen molar-refractivity contribution in [3.05, 3.63) is 57.8 Å². The van der Waals surface area contributed by atoms with Crippen molar-refractivity contribution in [2.24, 2.45) is 5.73 Å². The van der Waals surface area contributed by atoms with Gasteiger partial charge in [0.2, 0.25) is 0 Å². The smallest absolute Gasteiger partial charge is 0.165 e. The van der Waals surface area contributed by atoms with E-state index in [-0.39, 0.29) is 11.6 Å². The zero-order valence-corrected chi connectivity index (χ0v) is 11.8. The molecule has 0 aliphatic heterocycles. The molecule has 2 aromatic rings. The van der Waals surface area contributed by atoms with E-state index in [0.29, 0.717) is 15.8 Å². The average Bonchev–Trinajstić information content (AvgIpc) is 2.35. The van der Waals surface area contributed by atoms with Crippen LogP contribution in [0.15, 0.2) is 40.9 Å². The molecule has 0 amide bonds. The van der Waals surface area contributed by atoms with Crippen LogP contribution in [0, 0.1) is 18.2 Å². The van der Waals surface area contributed by atoms with Gasteiger partial charge in [-0.05, 0) is 37.3 Å². The number of hydrogen-bond donors (Lipinski definition) is 2. The van der Waals surface area contributed by atoms with Crippen LogP contribution >= 0.6 is 15.9 Å². The molecular weight excluding hydrogens is 311 g/mol. The van der Waals surface area contributed by atoms with Crippen LogP contribution in [0.5, 0.6) is 11.5 Å². The predicted molar refractivity (Wildman–Crippen MR) is 76.4 cm³/mol. The van der Waals surface area contributed by atoms with Crippen LogP contribution in [0.1, 0.15) is 11.1 Å². The molecule has 0 saturated heterocycles. The molecule has 98 valence electrons. The van der Waals surface area contributed by atoms with Crippen LogP contribution in [-0.2, 0) is 0 Å². The molecule has 3 N–H and O–H groups in total. The van der Waals surface area contributed by atoms with Gasteiger partial charge in [-0.15, -0.1) is 0 Å². The molecule has 0 radical (unpaired) electrons. The normalized spacial score (nSPS) is 10.3. The Labute approximate surface area is 118 Å². The van der Waals surface area contributed by atoms with Gasteiger partial charge in [-0.2, -0.15) is 0 Å². The summed E-state index contributed by atoms with van der Waals surface area (Å²) in [7, 11) is 0. The maximum Gasteiger partial charge on any atom is 0.165 e. The first kappa shape index (κ1) is 13.5. The van der Waals surface area contributed by atoms with E-state index < -0.39 is 5.82 Å². The molecule has 5 heteroatoms. The number of nitrogens with two attached hydrogens (primary N) is 1. The number of rotatable bonds is 3. The summed E-state index contributed by atoms with van der Waals surface area (Å²) in [6.07, 6.45) is 0. The zero-order valence-electron chi connectivity index (χ0n) is 10.2. The monoisotopic (exact) mass is 322 g/mol. The largest absolute Gasteiger partial charge is 0.453 e. The fourth-order valence-electron chi connectivity index (χ4n) is 1.62. The topological polar surface area (TPSA) is 59.1 Å². The Bertz CT molecular complexity index is 643. The van der Waals surface area contributed by atoms with Crippen molar-refractivity contribution < 1.29 is 9.13 Å². The minimum absolute atomic E-state index is 0.0840. The summed E-state index contributed by atoms with van der Waals surface area (Å²) in [5.41, 5.74) is 6.90. The van der Waals surface area contributed by atoms with E-state index in [9.17, 15) is 4.39 Å². The van der Waals surface area contributed by atoms with Crippen LogP contribution in [0.2, 0.25) is 0 Å². The number of ether oxygens (including phenoxy) is 1. The summed E-state index contributed by atoms with van der Waals surface area (Å²) in [5.74, 6) is -0.150. The lowest BCUT2D eigenvalue weighted by molar-refractivity contribution is 0.441. The maximum atomic E-state index is 13.6. The van der Waals surface area contributed by atoms with E-state index in [0.717, 1.165) is 5.56 Å². The summed E-state index contributed by atoms with van der Waals surface area (Å²) in [5, 5.41) is 7.53. The van der Waals surface area contributed by atoms with Crippen LogP contribution in [-0.4, -0.2) is 5.84 Å². The number of aryl methyl sites for hydroxylation is 1. The Kier molecular flexibility index (Phi) is 3.85. The first-order valence-electron chi connectivity index (χ1n) is 5.55. The van der Waals surface area contributed by atoms with Gasteiger partial charge in [0, 0.05) is 4.47 Å². The molecule has 2 rings (SSSR count). The Morgan fingerprint density at radius 2 is 1.95 bits per heavy atom. The van der Waals surface area contributed by atoms with E-state index in [4.69, 9.17) is 15.9 Å². The van der Waals surface area contributed by atoms with Crippen LogP contribution in [0.25, 0.3) is 0 Å². The van der Waals surface area contributed by atoms with Gasteiger partial charge >= 0.3 is 0 Å². The third-order valence-corrected chi connectivity index (χ3v) is 3.03. The maximum absolute atomic E-state index is 13.6. The van der Waals surface area contributed by atoms with Crippen LogP contribution < -0.4 is 10.5 Å². The molecule has 0 heterocycles. The molecule has 3 nitrogen and oxygen atoms in total. The van der Waals surface area contributed by atoms with Crippen molar-refractivity contribution in [1.29, 1.82) is 5.41 Å². The van der Waals surface area contributed by atoms with E-state index in [1.165, 1.54) is 12.1 Å². The molecule has 19 heavy (non-hydrogen) atoms. The highest BCUT2D eigenvalue weighted by atomic mass is 79.9. The summed E-state index contributed by atoms with van der Waals surface area (Å²) >= 11 is 3.26. The Hall–Kier alpha value is -1.88. The van der Waals surface area contributed by atoms with Crippen molar-refractivity contribution in [3.63, 3.8) is 0 Å². The van der Waals surface area contributed by atoms with Crippen molar-refractivity contribution in [2.45, 2.75) is 6.92 Å². The number of nitrogens with one attached hydrogen (secondary N) is 1. The molecule has 0 fully saturated rings. The van der Waals surface area contributed by atoms with Crippen LogP contribution in [0.4, 0.5) is 4.39 Å². The Morgan fingerprint density at radius 1 is 1.21 bits per heavy atom. The number of halogens is 2. The highest BCUT2D eigenvalue weighted by molar-refractivity contribution is 9.10. The fraction of sp³-hybridized carbons (Fsp3) is 0.0714. The third kappa shape index (κ3) is 3.12. The fourth-order valence-corrected chi connectivity index (χ4v) is 1.96. The first-order valence-corrected chi connectivity index (χ1v) is 6.34. The lowest BCUT2D eigenvalue weighted by Gasteiger charge is -2.12. The van der Waals surface area contributed by atoms with Gasteiger partial charge in [-0.1, -0.05) is 27.6 Å². The zero-order chi connectivity index (χ0) is 14.0. The standard InChI is InChI=1S/C14H12BrFN2O/c1-8-2-5-12(10(6-8)14(17)18)19-13-7-9(15)3-4-11(13)16/h2-7H,1H3,(H3,17,18). The molecule has 0 spiro atoms. The van der Waals surface area contributed by atoms with Crippen molar-refractivity contribution in [3.8, 4) is 11.5 Å². The lowest BCUT2D eigenvalue weighted by atomic mass is 10.1. The van der Waals surface area contributed by atoms with Crippen molar-refractivity contribution in [2.75, 3.05) is 0 Å². The second-order valence-electron chi connectivity index (χ2n) is 4.09. The molecular formula is C14H12BrFN2O. The second-order valence-corrected chi connectivity index (χ2v) is 5.01. The Balaban J connectivity index is 2.43. The Morgan fingerprint density at radius 3 is 2.63 bits per heavy atom. The highest BCUT2D eigenvalue weighted by Gasteiger charge is 2.11. The summed E-state index contributed by atoms with van der Waals surface area (Å²) in [6, 6.07) is 9.64. The third-order valence-electron chi connectivity index (χ3n) is 2.54. The number of hydrogen-bond acceptors (Lipinski definition) is 2. The van der Waals surface area contributed by atoms with Crippen molar-refractivity contribution in [1.82, 2.24) is 0 Å². The summed E-state index contributed by atoms with van der Waals surface area (Å²) in [4.78, 5) is 0. The molecule has 2 aromatic carbocycles. The van der Waals surface area contributed by atoms with Crippen LogP contribution in [0.3, 0.4) is 0 Å². The van der Waals surface area contributed by atoms with E-state index in [1.807, 2.05) is 13.0 Å². The molecule has 0 aromatic heterocycles. The van der Waals surface area contributed by atoms with E-state index in [2.05, 4.69) is 15.9 Å². The molecule has 0 unspecified atom stereocenters. The lowest BCUT2D eigenvalue weighted by Crippen LogP contribution is -2.12. The van der Waals surface area contributed by atoms with Gasteiger partial charge < -0.3 is 10.5 Å². The molecule has 0 saturated carbocycles. The number of nitrogen functional groups attached to an aromatic ring is 1. The number of amidine groups is 1. The summed E-state index contributed by atoms with van der Waals surface area (Å²) < 4.78 is 19.9. The van der Waals surface area contributed by atoms with Crippen molar-refractivity contribution >= 4 is 21.8 Å². The van der Waals surface area contributed by atoms with Gasteiger partial charge in [0.25, 0.3) is 0 Å². The summed E-state index contributed by atoms with van der Waals surface area (Å²) in [6.45, 7) is 1.88. The minimum atomic E-state index is -0.474. The second kappa shape index (κ2) is 5.40. The van der Waals surface area contributed by atoms with Gasteiger partial charge in [0.05, 0.1) is 5.56 Å². The van der Waals surface area contributed by atoms with E-state index >= 15 is 0 Å². The first-order chi connectivity index (χ1) is 8.97. The average molecular weight is 323 g/mol. The minimum Gasteiger partial charge on any atom is -0.453 e. The van der Waals surface area contributed by atoms with Gasteiger partial charge in [-0.3, -0.25) is 5.41 Å².